The topological polar surface area (TPSA) is 92.6 Å². The molecule has 0 bridgehead atoms. The van der Waals surface area contributed by atoms with Gasteiger partial charge in [0, 0.05) is 37.3 Å². The molecule has 8 heteroatoms. The Labute approximate surface area is 130 Å². The number of hydrogen-bond acceptors (Lipinski definition) is 5. The van der Waals surface area contributed by atoms with Crippen molar-refractivity contribution in [3.63, 3.8) is 0 Å². The molecule has 1 saturated heterocycles. The van der Waals surface area contributed by atoms with E-state index in [2.05, 4.69) is 5.32 Å². The van der Waals surface area contributed by atoms with E-state index in [1.54, 1.807) is 12.1 Å². The molecule has 1 aromatic carbocycles. The molecule has 22 heavy (non-hydrogen) atoms. The van der Waals surface area contributed by atoms with Crippen molar-refractivity contribution < 1.29 is 13.3 Å². The summed E-state index contributed by atoms with van der Waals surface area (Å²) in [5.41, 5.74) is 0.878. The van der Waals surface area contributed by atoms with Crippen LogP contribution in [0.15, 0.2) is 24.3 Å². The number of non-ortho nitro benzene ring substituents is 1. The van der Waals surface area contributed by atoms with Gasteiger partial charge in [-0.1, -0.05) is 12.1 Å². The quantitative estimate of drug-likeness (QED) is 0.634. The van der Waals surface area contributed by atoms with Crippen LogP contribution in [0.25, 0.3) is 0 Å². The third-order valence-corrected chi connectivity index (χ3v) is 5.32. The van der Waals surface area contributed by atoms with Crippen LogP contribution in [0.2, 0.25) is 0 Å². The zero-order chi connectivity index (χ0) is 16.3. The molecule has 1 heterocycles. The van der Waals surface area contributed by atoms with Crippen molar-refractivity contribution in [2.75, 3.05) is 19.3 Å². The average molecular weight is 327 g/mol. The van der Waals surface area contributed by atoms with Crippen LogP contribution in [0.5, 0.6) is 0 Å². The van der Waals surface area contributed by atoms with E-state index < -0.39 is 14.9 Å². The fourth-order valence-corrected chi connectivity index (χ4v) is 3.97. The SMILES string of the molecule is CC(NC[C@H]1CCCN1S(C)(=O)=O)c1cccc([N+](=O)[O-])c1. The Morgan fingerprint density at radius 3 is 2.86 bits per heavy atom. The maximum absolute atomic E-state index is 11.7. The van der Waals surface area contributed by atoms with Crippen molar-refractivity contribution in [1.29, 1.82) is 0 Å². The van der Waals surface area contributed by atoms with Gasteiger partial charge in [0.2, 0.25) is 10.0 Å². The Hall–Kier alpha value is -1.51. The van der Waals surface area contributed by atoms with E-state index in [9.17, 15) is 18.5 Å². The third-order valence-electron chi connectivity index (χ3n) is 3.99. The minimum absolute atomic E-state index is 0.0452. The first-order chi connectivity index (χ1) is 10.3. The Kier molecular flexibility index (Phi) is 5.15. The highest BCUT2D eigenvalue weighted by Gasteiger charge is 2.31. The summed E-state index contributed by atoms with van der Waals surface area (Å²) in [5, 5.41) is 14.1. The second kappa shape index (κ2) is 6.72. The highest BCUT2D eigenvalue weighted by molar-refractivity contribution is 7.88. The molecule has 0 spiro atoms. The molecule has 0 aromatic heterocycles. The number of rotatable bonds is 6. The van der Waals surface area contributed by atoms with Crippen LogP contribution in [0, 0.1) is 10.1 Å². The summed E-state index contributed by atoms with van der Waals surface area (Å²) in [6, 6.07) is 6.36. The highest BCUT2D eigenvalue weighted by atomic mass is 32.2. The fourth-order valence-electron chi connectivity index (χ4n) is 2.79. The lowest BCUT2D eigenvalue weighted by Gasteiger charge is -2.24. The minimum atomic E-state index is -3.18. The molecule has 0 radical (unpaired) electrons. The summed E-state index contributed by atoms with van der Waals surface area (Å²) in [5.74, 6) is 0. The van der Waals surface area contributed by atoms with Crippen molar-refractivity contribution in [3.05, 3.63) is 39.9 Å². The largest absolute Gasteiger partial charge is 0.309 e. The Morgan fingerprint density at radius 2 is 2.23 bits per heavy atom. The number of nitrogens with one attached hydrogen (secondary N) is 1. The van der Waals surface area contributed by atoms with Gasteiger partial charge in [0.1, 0.15) is 0 Å². The summed E-state index contributed by atoms with van der Waals surface area (Å²) in [4.78, 5) is 10.4. The first kappa shape index (κ1) is 16.9. The van der Waals surface area contributed by atoms with E-state index in [-0.39, 0.29) is 17.8 Å². The Bertz CT molecular complexity index is 647. The number of nitro groups is 1. The van der Waals surface area contributed by atoms with Crippen LogP contribution >= 0.6 is 0 Å². The van der Waals surface area contributed by atoms with Crippen LogP contribution in [0.3, 0.4) is 0 Å². The lowest BCUT2D eigenvalue weighted by Crippen LogP contribution is -2.41. The van der Waals surface area contributed by atoms with Crippen LogP contribution < -0.4 is 5.32 Å². The molecule has 0 aliphatic carbocycles. The Morgan fingerprint density at radius 1 is 1.50 bits per heavy atom. The van der Waals surface area contributed by atoms with Gasteiger partial charge in [-0.15, -0.1) is 0 Å². The molecule has 0 saturated carbocycles. The molecule has 7 nitrogen and oxygen atoms in total. The van der Waals surface area contributed by atoms with E-state index >= 15 is 0 Å². The maximum Gasteiger partial charge on any atom is 0.269 e. The molecular weight excluding hydrogens is 306 g/mol. The zero-order valence-corrected chi connectivity index (χ0v) is 13.5. The first-order valence-electron chi connectivity index (χ1n) is 7.23. The normalized spacial score (nSPS) is 20.9. The monoisotopic (exact) mass is 327 g/mol. The third kappa shape index (κ3) is 4.02. The summed E-state index contributed by atoms with van der Waals surface area (Å²) in [7, 11) is -3.18. The lowest BCUT2D eigenvalue weighted by molar-refractivity contribution is -0.384. The number of hydrogen-bond donors (Lipinski definition) is 1. The maximum atomic E-state index is 11.7. The zero-order valence-electron chi connectivity index (χ0n) is 12.7. The molecule has 0 amide bonds. The number of nitro benzene ring substituents is 1. The minimum Gasteiger partial charge on any atom is -0.309 e. The predicted molar refractivity (Wildman–Crippen MR) is 84.1 cm³/mol. The molecule has 122 valence electrons. The van der Waals surface area contributed by atoms with Crippen molar-refractivity contribution >= 4 is 15.7 Å². The lowest BCUT2D eigenvalue weighted by atomic mass is 10.1. The van der Waals surface area contributed by atoms with Gasteiger partial charge in [-0.2, -0.15) is 4.31 Å². The van der Waals surface area contributed by atoms with Gasteiger partial charge in [-0.25, -0.2) is 8.42 Å². The number of sulfonamides is 1. The van der Waals surface area contributed by atoms with Gasteiger partial charge in [-0.05, 0) is 25.3 Å². The van der Waals surface area contributed by atoms with Crippen LogP contribution in [0.4, 0.5) is 5.69 Å². The van der Waals surface area contributed by atoms with Gasteiger partial charge >= 0.3 is 0 Å². The van der Waals surface area contributed by atoms with E-state index in [0.29, 0.717) is 13.1 Å². The van der Waals surface area contributed by atoms with E-state index in [0.717, 1.165) is 18.4 Å². The number of nitrogens with zero attached hydrogens (tertiary/aromatic N) is 2. The number of benzene rings is 1. The van der Waals surface area contributed by atoms with Gasteiger partial charge in [0.15, 0.2) is 0 Å². The van der Waals surface area contributed by atoms with Crippen LogP contribution in [-0.4, -0.2) is 43.0 Å². The average Bonchev–Trinajstić information content (AvgIpc) is 2.93. The van der Waals surface area contributed by atoms with Crippen molar-refractivity contribution in [2.45, 2.75) is 31.8 Å². The molecule has 1 unspecified atom stereocenters. The summed E-state index contributed by atoms with van der Waals surface area (Å²) >= 11 is 0. The van der Waals surface area contributed by atoms with E-state index in [1.165, 1.54) is 16.6 Å². The van der Waals surface area contributed by atoms with E-state index in [1.807, 2.05) is 13.0 Å². The molecule has 1 N–H and O–H groups in total. The van der Waals surface area contributed by atoms with Gasteiger partial charge in [0.05, 0.1) is 11.2 Å². The molecule has 1 aromatic rings. The van der Waals surface area contributed by atoms with Crippen LogP contribution in [-0.2, 0) is 10.0 Å². The Balaban J connectivity index is 1.99. The summed E-state index contributed by atoms with van der Waals surface area (Å²) in [6.45, 7) is 3.02. The smallest absolute Gasteiger partial charge is 0.269 e. The van der Waals surface area contributed by atoms with Crippen molar-refractivity contribution in [2.24, 2.45) is 0 Å². The van der Waals surface area contributed by atoms with Crippen molar-refractivity contribution in [3.8, 4) is 0 Å². The molecule has 1 aliphatic rings. The molecular formula is C14H21N3O4S. The predicted octanol–water partition coefficient (Wildman–Crippen LogP) is 1.67. The summed E-state index contributed by atoms with van der Waals surface area (Å²) in [6.07, 6.45) is 2.93. The molecule has 1 aliphatic heterocycles. The van der Waals surface area contributed by atoms with E-state index in [4.69, 9.17) is 0 Å². The molecule has 2 rings (SSSR count). The summed E-state index contributed by atoms with van der Waals surface area (Å²) < 4.78 is 24.9. The molecule has 1 fully saturated rings. The first-order valence-corrected chi connectivity index (χ1v) is 9.08. The highest BCUT2D eigenvalue weighted by Crippen LogP contribution is 2.22. The van der Waals surface area contributed by atoms with Gasteiger partial charge in [0.25, 0.3) is 5.69 Å². The molecule has 2 atom stereocenters. The standard InChI is InChI=1S/C14H21N3O4S/c1-11(12-5-3-6-13(9-12)17(18)19)15-10-14-7-4-8-16(14)22(2,20)21/h3,5-6,9,11,14-15H,4,7-8,10H2,1-2H3/t11?,14-/m1/s1. The fraction of sp³-hybridized carbons (Fsp3) is 0.571. The van der Waals surface area contributed by atoms with Gasteiger partial charge in [-0.3, -0.25) is 10.1 Å². The van der Waals surface area contributed by atoms with Crippen molar-refractivity contribution in [1.82, 2.24) is 9.62 Å². The van der Waals surface area contributed by atoms with Gasteiger partial charge < -0.3 is 5.32 Å². The van der Waals surface area contributed by atoms with Crippen LogP contribution in [0.1, 0.15) is 31.4 Å². The second-order valence-corrected chi connectivity index (χ2v) is 7.59. The second-order valence-electron chi connectivity index (χ2n) is 5.65.